The summed E-state index contributed by atoms with van der Waals surface area (Å²) in [6, 6.07) is 16.4. The number of aryl methyl sites for hydroxylation is 1. The maximum atomic E-state index is 13.0. The van der Waals surface area contributed by atoms with Gasteiger partial charge < -0.3 is 15.2 Å². The predicted molar refractivity (Wildman–Crippen MR) is 122 cm³/mol. The van der Waals surface area contributed by atoms with Gasteiger partial charge in [0.1, 0.15) is 11.6 Å². The molecule has 0 aliphatic carbocycles. The number of nitrogens with two attached hydrogens (primary N) is 1. The maximum absolute atomic E-state index is 13.0. The third-order valence-electron chi connectivity index (χ3n) is 4.87. The number of methoxy groups -OCH3 is 1. The van der Waals surface area contributed by atoms with E-state index in [1.165, 1.54) is 16.6 Å². The maximum Gasteiger partial charge on any atom is 0.330 e. The molecule has 1 amide bonds. The van der Waals surface area contributed by atoms with E-state index in [1.54, 1.807) is 12.1 Å². The number of carbonyl (C=O) groups excluding carboxylic acids is 1. The number of ether oxygens (including phenoxy) is 2. The molecule has 0 saturated heterocycles. The Bertz CT molecular complexity index is 1170. The van der Waals surface area contributed by atoms with Crippen molar-refractivity contribution in [3.8, 4) is 5.75 Å². The molecule has 0 aliphatic heterocycles. The molecule has 3 rings (SSSR count). The molecular formula is C23H26N4O5. The Kier molecular flexibility index (Phi) is 7.45. The van der Waals surface area contributed by atoms with Gasteiger partial charge in [-0.25, -0.2) is 4.79 Å². The minimum absolute atomic E-state index is 0.0589. The molecule has 0 saturated carbocycles. The number of nitrogen functional groups attached to an aromatic ring is 1. The van der Waals surface area contributed by atoms with Gasteiger partial charge >= 0.3 is 5.69 Å². The normalized spacial score (nSPS) is 10.7. The Labute approximate surface area is 185 Å². The van der Waals surface area contributed by atoms with Gasteiger partial charge in [0, 0.05) is 13.7 Å². The molecular weight excluding hydrogens is 412 g/mol. The fourth-order valence-corrected chi connectivity index (χ4v) is 3.16. The standard InChI is InChI=1S/C23H26N4O5/c1-16-8-10-18(11-9-16)32-15-19(28)26(12-13-31-2)20-21(24)27(23(30)25-22(20)29)14-17-6-4-3-5-7-17/h3-11H,12-15,24H2,1-2H3,(H,25,29,30). The van der Waals surface area contributed by atoms with Crippen LogP contribution in [0.25, 0.3) is 0 Å². The van der Waals surface area contributed by atoms with Crippen LogP contribution in [-0.2, 0) is 16.1 Å². The first kappa shape index (κ1) is 22.8. The van der Waals surface area contributed by atoms with Crippen molar-refractivity contribution >= 4 is 17.4 Å². The first-order valence-electron chi connectivity index (χ1n) is 10.1. The highest BCUT2D eigenvalue weighted by Gasteiger charge is 2.24. The second-order valence-corrected chi connectivity index (χ2v) is 7.20. The van der Waals surface area contributed by atoms with Crippen LogP contribution < -0.4 is 26.6 Å². The number of nitrogens with zero attached hydrogens (tertiary/aromatic N) is 2. The van der Waals surface area contributed by atoms with Gasteiger partial charge in [-0.15, -0.1) is 0 Å². The molecule has 1 heterocycles. The van der Waals surface area contributed by atoms with Crippen LogP contribution in [0.5, 0.6) is 5.75 Å². The second-order valence-electron chi connectivity index (χ2n) is 7.20. The van der Waals surface area contributed by atoms with Crippen LogP contribution >= 0.6 is 0 Å². The lowest BCUT2D eigenvalue weighted by atomic mass is 10.2. The van der Waals surface area contributed by atoms with Crippen LogP contribution in [0.1, 0.15) is 11.1 Å². The summed E-state index contributed by atoms with van der Waals surface area (Å²) >= 11 is 0. The minimum Gasteiger partial charge on any atom is -0.484 e. The summed E-state index contributed by atoms with van der Waals surface area (Å²) in [5.74, 6) is -0.0845. The summed E-state index contributed by atoms with van der Waals surface area (Å²) in [7, 11) is 1.48. The van der Waals surface area contributed by atoms with E-state index in [4.69, 9.17) is 15.2 Å². The van der Waals surface area contributed by atoms with Crippen molar-refractivity contribution in [2.24, 2.45) is 0 Å². The van der Waals surface area contributed by atoms with Gasteiger partial charge in [-0.05, 0) is 24.6 Å². The fourth-order valence-electron chi connectivity index (χ4n) is 3.16. The number of hydrogen-bond donors (Lipinski definition) is 2. The van der Waals surface area contributed by atoms with E-state index in [0.717, 1.165) is 11.1 Å². The Morgan fingerprint density at radius 3 is 2.44 bits per heavy atom. The highest BCUT2D eigenvalue weighted by Crippen LogP contribution is 2.19. The van der Waals surface area contributed by atoms with E-state index in [1.807, 2.05) is 49.4 Å². The van der Waals surface area contributed by atoms with Gasteiger partial charge in [-0.2, -0.15) is 0 Å². The van der Waals surface area contributed by atoms with Gasteiger partial charge in [0.15, 0.2) is 12.3 Å². The summed E-state index contributed by atoms with van der Waals surface area (Å²) < 4.78 is 11.9. The van der Waals surface area contributed by atoms with E-state index in [9.17, 15) is 14.4 Å². The summed E-state index contributed by atoms with van der Waals surface area (Å²) in [5, 5.41) is 0. The fraction of sp³-hybridized carbons (Fsp3) is 0.261. The van der Waals surface area contributed by atoms with Crippen LogP contribution in [0.3, 0.4) is 0 Å². The third-order valence-corrected chi connectivity index (χ3v) is 4.87. The number of benzene rings is 2. The molecule has 3 N–H and O–H groups in total. The number of amides is 1. The van der Waals surface area contributed by atoms with Gasteiger partial charge in [0.25, 0.3) is 11.5 Å². The van der Waals surface area contributed by atoms with Crippen molar-refractivity contribution in [2.75, 3.05) is 37.5 Å². The number of anilines is 2. The molecule has 1 aromatic heterocycles. The van der Waals surface area contributed by atoms with E-state index < -0.39 is 17.2 Å². The van der Waals surface area contributed by atoms with Gasteiger partial charge in [-0.1, -0.05) is 48.0 Å². The van der Waals surface area contributed by atoms with Crippen molar-refractivity contribution in [1.82, 2.24) is 9.55 Å². The van der Waals surface area contributed by atoms with E-state index in [2.05, 4.69) is 4.98 Å². The number of aromatic amines is 1. The lowest BCUT2D eigenvalue weighted by Gasteiger charge is -2.24. The van der Waals surface area contributed by atoms with Crippen molar-refractivity contribution in [3.05, 3.63) is 86.6 Å². The third kappa shape index (κ3) is 5.44. The van der Waals surface area contributed by atoms with E-state index >= 15 is 0 Å². The van der Waals surface area contributed by atoms with Gasteiger partial charge in [0.05, 0.1) is 13.2 Å². The highest BCUT2D eigenvalue weighted by molar-refractivity contribution is 5.96. The van der Waals surface area contributed by atoms with Gasteiger partial charge in [0.2, 0.25) is 0 Å². The quantitative estimate of drug-likeness (QED) is 0.523. The molecule has 0 fully saturated rings. The Morgan fingerprint density at radius 2 is 1.78 bits per heavy atom. The predicted octanol–water partition coefficient (Wildman–Crippen LogP) is 1.53. The minimum atomic E-state index is -0.753. The lowest BCUT2D eigenvalue weighted by molar-refractivity contribution is -0.120. The van der Waals surface area contributed by atoms with Crippen LogP contribution in [0.15, 0.2) is 64.2 Å². The average molecular weight is 438 g/mol. The molecule has 9 heteroatoms. The Balaban J connectivity index is 1.92. The average Bonchev–Trinajstić information content (AvgIpc) is 2.79. The first-order chi connectivity index (χ1) is 15.4. The highest BCUT2D eigenvalue weighted by atomic mass is 16.5. The molecule has 32 heavy (non-hydrogen) atoms. The van der Waals surface area contributed by atoms with Crippen molar-refractivity contribution in [2.45, 2.75) is 13.5 Å². The van der Waals surface area contributed by atoms with Crippen molar-refractivity contribution in [3.63, 3.8) is 0 Å². The number of carbonyl (C=O) groups is 1. The zero-order valence-corrected chi connectivity index (χ0v) is 18.0. The molecule has 0 atom stereocenters. The van der Waals surface area contributed by atoms with Crippen LogP contribution in [0.2, 0.25) is 0 Å². The lowest BCUT2D eigenvalue weighted by Crippen LogP contribution is -2.44. The Hall–Kier alpha value is -3.85. The van der Waals surface area contributed by atoms with Gasteiger partial charge in [-0.3, -0.25) is 24.0 Å². The summed E-state index contributed by atoms with van der Waals surface area (Å²) in [4.78, 5) is 41.5. The Morgan fingerprint density at radius 1 is 1.09 bits per heavy atom. The van der Waals surface area contributed by atoms with Crippen LogP contribution in [0, 0.1) is 6.92 Å². The van der Waals surface area contributed by atoms with E-state index in [0.29, 0.717) is 5.75 Å². The smallest absolute Gasteiger partial charge is 0.330 e. The molecule has 0 bridgehead atoms. The molecule has 0 aliphatic rings. The number of rotatable bonds is 9. The van der Waals surface area contributed by atoms with Crippen molar-refractivity contribution in [1.29, 1.82) is 0 Å². The number of nitrogens with one attached hydrogen (secondary N) is 1. The van der Waals surface area contributed by atoms with Crippen molar-refractivity contribution < 1.29 is 14.3 Å². The second kappa shape index (κ2) is 10.5. The largest absolute Gasteiger partial charge is 0.484 e. The zero-order chi connectivity index (χ0) is 23.1. The molecule has 3 aromatic rings. The molecule has 2 aromatic carbocycles. The molecule has 0 unspecified atom stereocenters. The monoisotopic (exact) mass is 438 g/mol. The zero-order valence-electron chi connectivity index (χ0n) is 18.0. The van der Waals surface area contributed by atoms with E-state index in [-0.39, 0.29) is 37.8 Å². The molecule has 168 valence electrons. The summed E-state index contributed by atoms with van der Waals surface area (Å²) in [5.41, 5.74) is 6.59. The number of H-pyrrole nitrogens is 1. The summed E-state index contributed by atoms with van der Waals surface area (Å²) in [6.07, 6.45) is 0. The number of aromatic nitrogens is 2. The van der Waals surface area contributed by atoms with Crippen LogP contribution in [0.4, 0.5) is 11.5 Å². The molecule has 0 spiro atoms. The number of hydrogen-bond acceptors (Lipinski definition) is 6. The molecule has 0 radical (unpaired) electrons. The first-order valence-corrected chi connectivity index (χ1v) is 10.1. The topological polar surface area (TPSA) is 120 Å². The molecule has 9 nitrogen and oxygen atoms in total. The van der Waals surface area contributed by atoms with Crippen LogP contribution in [-0.4, -0.2) is 42.3 Å². The summed E-state index contributed by atoms with van der Waals surface area (Å²) in [6.45, 7) is 1.99. The SMILES string of the molecule is COCCN(C(=O)COc1ccc(C)cc1)c1c(N)n(Cc2ccccc2)c(=O)[nH]c1=O.